The molecule has 0 aromatic carbocycles. The Morgan fingerprint density at radius 3 is 2.00 bits per heavy atom. The van der Waals surface area contributed by atoms with Crippen LogP contribution in [0.5, 0.6) is 0 Å². The van der Waals surface area contributed by atoms with Crippen LogP contribution >= 0.6 is 0 Å². The minimum Gasteiger partial charge on any atom is -0.490 e. The Morgan fingerprint density at radius 1 is 1.31 bits per heavy atom. The van der Waals surface area contributed by atoms with Gasteiger partial charge in [0.1, 0.15) is 0 Å². The van der Waals surface area contributed by atoms with Gasteiger partial charge in [0.2, 0.25) is 5.76 Å². The second kappa shape index (κ2) is 4.07. The van der Waals surface area contributed by atoms with Gasteiger partial charge in [0.15, 0.2) is 5.78 Å². The monoisotopic (exact) mass is 186 g/mol. The van der Waals surface area contributed by atoms with Crippen molar-refractivity contribution in [3.8, 4) is 0 Å². The molecule has 0 rings (SSSR count). The molecule has 0 unspecified atom stereocenters. The molecule has 0 aromatic heterocycles. The number of hydrogen-bond donors (Lipinski definition) is 1. The van der Waals surface area contributed by atoms with E-state index in [4.69, 9.17) is 5.11 Å². The molecule has 0 amide bonds. The van der Waals surface area contributed by atoms with Crippen LogP contribution in [-0.2, 0) is 14.3 Å². The van der Waals surface area contributed by atoms with Crippen molar-refractivity contribution >= 4 is 11.8 Å². The summed E-state index contributed by atoms with van der Waals surface area (Å²) in [6, 6.07) is 0. The Balaban J connectivity index is 4.73. The molecule has 0 atom stereocenters. The van der Waals surface area contributed by atoms with Gasteiger partial charge in [-0.15, -0.1) is 0 Å². The van der Waals surface area contributed by atoms with Crippen LogP contribution in [0.1, 0.15) is 20.8 Å². The third-order valence-corrected chi connectivity index (χ3v) is 1.43. The van der Waals surface area contributed by atoms with E-state index in [2.05, 4.69) is 4.74 Å². The van der Waals surface area contributed by atoms with Gasteiger partial charge in [-0.2, -0.15) is 0 Å². The molecule has 0 aromatic rings. The van der Waals surface area contributed by atoms with E-state index in [9.17, 15) is 9.59 Å². The standard InChI is InChI=1S/C9H14O4/c1-9(2,3)7(10)5-6(13-4)8(11)12/h5H,1-4H3,(H,11,12). The summed E-state index contributed by atoms with van der Waals surface area (Å²) in [5.74, 6) is -1.84. The van der Waals surface area contributed by atoms with Crippen LogP contribution in [0, 0.1) is 5.41 Å². The molecular weight excluding hydrogens is 172 g/mol. The average molecular weight is 186 g/mol. The lowest BCUT2D eigenvalue weighted by Crippen LogP contribution is -2.19. The number of rotatable bonds is 3. The molecule has 0 spiro atoms. The summed E-state index contributed by atoms with van der Waals surface area (Å²) in [6.45, 7) is 5.13. The van der Waals surface area contributed by atoms with Gasteiger partial charge in [0.25, 0.3) is 0 Å². The highest BCUT2D eigenvalue weighted by molar-refractivity contribution is 5.99. The molecule has 0 heterocycles. The van der Waals surface area contributed by atoms with E-state index >= 15 is 0 Å². The summed E-state index contributed by atoms with van der Waals surface area (Å²) in [6.07, 6.45) is 1.00. The number of carboxylic acids is 1. The van der Waals surface area contributed by atoms with Crippen LogP contribution in [0.4, 0.5) is 0 Å². The number of carboxylic acid groups (broad SMARTS) is 1. The summed E-state index contributed by atoms with van der Waals surface area (Å²) >= 11 is 0. The van der Waals surface area contributed by atoms with Crippen LogP contribution in [0.2, 0.25) is 0 Å². The fourth-order valence-electron chi connectivity index (χ4n) is 0.544. The van der Waals surface area contributed by atoms with E-state index in [-0.39, 0.29) is 11.5 Å². The Morgan fingerprint density at radius 2 is 1.77 bits per heavy atom. The highest BCUT2D eigenvalue weighted by Crippen LogP contribution is 2.16. The van der Waals surface area contributed by atoms with Gasteiger partial charge >= 0.3 is 5.97 Å². The van der Waals surface area contributed by atoms with E-state index in [0.717, 1.165) is 6.08 Å². The number of hydrogen-bond acceptors (Lipinski definition) is 3. The Bertz CT molecular complexity index is 245. The second-order valence-corrected chi connectivity index (χ2v) is 3.63. The first-order valence-corrected chi connectivity index (χ1v) is 3.82. The van der Waals surface area contributed by atoms with Crippen molar-refractivity contribution in [1.82, 2.24) is 0 Å². The molecule has 4 heteroatoms. The smallest absolute Gasteiger partial charge is 0.371 e. The van der Waals surface area contributed by atoms with E-state index in [1.165, 1.54) is 7.11 Å². The molecule has 0 aliphatic carbocycles. The van der Waals surface area contributed by atoms with Crippen LogP contribution in [0.3, 0.4) is 0 Å². The van der Waals surface area contributed by atoms with E-state index in [1.807, 2.05) is 0 Å². The minimum atomic E-state index is -1.24. The molecule has 0 radical (unpaired) electrons. The van der Waals surface area contributed by atoms with Crippen molar-refractivity contribution in [3.63, 3.8) is 0 Å². The lowest BCUT2D eigenvalue weighted by molar-refractivity contribution is -0.136. The van der Waals surface area contributed by atoms with Gasteiger partial charge in [-0.05, 0) is 0 Å². The maximum absolute atomic E-state index is 11.3. The van der Waals surface area contributed by atoms with Gasteiger partial charge in [-0.25, -0.2) is 4.79 Å². The molecule has 74 valence electrons. The fraction of sp³-hybridized carbons (Fsp3) is 0.556. The third-order valence-electron chi connectivity index (χ3n) is 1.43. The summed E-state index contributed by atoms with van der Waals surface area (Å²) < 4.78 is 4.52. The fourth-order valence-corrected chi connectivity index (χ4v) is 0.544. The summed E-state index contributed by atoms with van der Waals surface area (Å²) in [4.78, 5) is 21.8. The van der Waals surface area contributed by atoms with Gasteiger partial charge in [-0.1, -0.05) is 20.8 Å². The molecular formula is C9H14O4. The average Bonchev–Trinajstić information content (AvgIpc) is 1.96. The zero-order valence-electron chi connectivity index (χ0n) is 8.25. The molecule has 13 heavy (non-hydrogen) atoms. The predicted molar refractivity (Wildman–Crippen MR) is 47.2 cm³/mol. The third kappa shape index (κ3) is 3.73. The molecule has 0 aliphatic rings. The van der Waals surface area contributed by atoms with Crippen molar-refractivity contribution in [2.24, 2.45) is 5.41 Å². The van der Waals surface area contributed by atoms with Crippen molar-refractivity contribution in [2.75, 3.05) is 7.11 Å². The van der Waals surface area contributed by atoms with Gasteiger partial charge in [0, 0.05) is 11.5 Å². The van der Waals surface area contributed by atoms with E-state index < -0.39 is 11.4 Å². The Kier molecular flexibility index (Phi) is 3.66. The number of aliphatic carboxylic acids is 1. The largest absolute Gasteiger partial charge is 0.490 e. The van der Waals surface area contributed by atoms with Gasteiger partial charge in [-0.3, -0.25) is 4.79 Å². The molecule has 0 saturated heterocycles. The van der Waals surface area contributed by atoms with Crippen LogP contribution in [0.15, 0.2) is 11.8 Å². The molecule has 4 nitrogen and oxygen atoms in total. The number of ketones is 1. The number of allylic oxidation sites excluding steroid dienone is 1. The number of carbonyl (C=O) groups is 2. The first kappa shape index (κ1) is 11.7. The first-order chi connectivity index (χ1) is 5.79. The topological polar surface area (TPSA) is 63.6 Å². The molecule has 0 aliphatic heterocycles. The predicted octanol–water partition coefficient (Wildman–Crippen LogP) is 1.22. The van der Waals surface area contributed by atoms with Gasteiger partial charge in [0.05, 0.1) is 7.11 Å². The summed E-state index contributed by atoms with van der Waals surface area (Å²) in [5, 5.41) is 8.54. The van der Waals surface area contributed by atoms with Crippen molar-refractivity contribution < 1.29 is 19.4 Å². The van der Waals surface area contributed by atoms with Crippen LogP contribution in [0.25, 0.3) is 0 Å². The second-order valence-electron chi connectivity index (χ2n) is 3.63. The highest BCUT2D eigenvalue weighted by Gasteiger charge is 2.21. The molecule has 0 fully saturated rings. The zero-order chi connectivity index (χ0) is 10.6. The molecule has 1 N–H and O–H groups in total. The number of carbonyl (C=O) groups excluding carboxylic acids is 1. The minimum absolute atomic E-state index is 0.272. The Labute approximate surface area is 77.2 Å². The molecule has 0 saturated carbocycles. The Hall–Kier alpha value is -1.32. The maximum atomic E-state index is 11.3. The van der Waals surface area contributed by atoms with Crippen molar-refractivity contribution in [3.05, 3.63) is 11.8 Å². The highest BCUT2D eigenvalue weighted by atomic mass is 16.5. The van der Waals surface area contributed by atoms with E-state index in [1.54, 1.807) is 20.8 Å². The summed E-state index contributed by atoms with van der Waals surface area (Å²) in [5.41, 5.74) is -0.584. The first-order valence-electron chi connectivity index (χ1n) is 3.82. The SMILES string of the molecule is COC(=CC(=O)C(C)(C)C)C(=O)O. The summed E-state index contributed by atoms with van der Waals surface area (Å²) in [7, 11) is 1.22. The lowest BCUT2D eigenvalue weighted by atomic mass is 9.90. The van der Waals surface area contributed by atoms with E-state index in [0.29, 0.717) is 0 Å². The van der Waals surface area contributed by atoms with Crippen molar-refractivity contribution in [1.29, 1.82) is 0 Å². The van der Waals surface area contributed by atoms with Crippen LogP contribution in [-0.4, -0.2) is 24.0 Å². The maximum Gasteiger partial charge on any atom is 0.371 e. The quantitative estimate of drug-likeness (QED) is 0.531. The lowest BCUT2D eigenvalue weighted by Gasteiger charge is -2.13. The molecule has 0 bridgehead atoms. The normalized spacial score (nSPS) is 12.5. The number of methoxy groups -OCH3 is 1. The van der Waals surface area contributed by atoms with Gasteiger partial charge < -0.3 is 9.84 Å². The van der Waals surface area contributed by atoms with Crippen LogP contribution < -0.4 is 0 Å². The van der Waals surface area contributed by atoms with Crippen molar-refractivity contribution in [2.45, 2.75) is 20.8 Å². The number of ether oxygens (including phenoxy) is 1. The zero-order valence-corrected chi connectivity index (χ0v) is 8.25.